The maximum atomic E-state index is 6.20. The van der Waals surface area contributed by atoms with Crippen molar-refractivity contribution in [2.24, 2.45) is 5.73 Å². The van der Waals surface area contributed by atoms with Crippen LogP contribution >= 0.6 is 0 Å². The van der Waals surface area contributed by atoms with Gasteiger partial charge in [0.25, 0.3) is 0 Å². The van der Waals surface area contributed by atoms with Gasteiger partial charge in [0.1, 0.15) is 12.9 Å². The van der Waals surface area contributed by atoms with E-state index in [1.807, 2.05) is 6.92 Å². The third kappa shape index (κ3) is 3.30. The Morgan fingerprint density at radius 2 is 1.88 bits per heavy atom. The highest BCUT2D eigenvalue weighted by atomic mass is 16.5. The zero-order chi connectivity index (χ0) is 12.1. The standard InChI is InChI=1S/C12H19N3O2/c1-2-16-10-7-11(15-9-14-10)17-8-12(13)5-3-4-6-12/h7,9H,2-6,8,13H2,1H3. The average molecular weight is 237 g/mol. The third-order valence-corrected chi connectivity index (χ3v) is 3.02. The molecule has 0 atom stereocenters. The number of ether oxygens (including phenoxy) is 2. The summed E-state index contributed by atoms with van der Waals surface area (Å²) in [5, 5.41) is 0. The zero-order valence-electron chi connectivity index (χ0n) is 10.2. The molecule has 5 heteroatoms. The number of rotatable bonds is 5. The highest BCUT2D eigenvalue weighted by Gasteiger charge is 2.30. The van der Waals surface area contributed by atoms with Gasteiger partial charge in [-0.1, -0.05) is 12.8 Å². The summed E-state index contributed by atoms with van der Waals surface area (Å²) >= 11 is 0. The molecule has 1 heterocycles. The second-order valence-electron chi connectivity index (χ2n) is 4.49. The van der Waals surface area contributed by atoms with E-state index in [0.29, 0.717) is 25.0 Å². The Bertz CT molecular complexity index is 365. The van der Waals surface area contributed by atoms with Gasteiger partial charge in [-0.25, -0.2) is 9.97 Å². The summed E-state index contributed by atoms with van der Waals surface area (Å²) in [5.41, 5.74) is 6.02. The van der Waals surface area contributed by atoms with E-state index >= 15 is 0 Å². The van der Waals surface area contributed by atoms with E-state index in [4.69, 9.17) is 15.2 Å². The minimum Gasteiger partial charge on any atom is -0.478 e. The van der Waals surface area contributed by atoms with Gasteiger partial charge in [0.15, 0.2) is 0 Å². The first-order valence-electron chi connectivity index (χ1n) is 6.08. The summed E-state index contributed by atoms with van der Waals surface area (Å²) in [6.07, 6.45) is 5.87. The van der Waals surface area contributed by atoms with E-state index in [0.717, 1.165) is 12.8 Å². The van der Waals surface area contributed by atoms with Crippen molar-refractivity contribution in [1.82, 2.24) is 9.97 Å². The largest absolute Gasteiger partial charge is 0.478 e. The number of aromatic nitrogens is 2. The van der Waals surface area contributed by atoms with Crippen molar-refractivity contribution in [2.45, 2.75) is 38.1 Å². The van der Waals surface area contributed by atoms with Crippen LogP contribution in [0.4, 0.5) is 0 Å². The summed E-state index contributed by atoms with van der Waals surface area (Å²) in [6, 6.07) is 1.70. The Kier molecular flexibility index (Phi) is 3.78. The lowest BCUT2D eigenvalue weighted by Gasteiger charge is -2.23. The lowest BCUT2D eigenvalue weighted by Crippen LogP contribution is -2.42. The smallest absolute Gasteiger partial charge is 0.220 e. The van der Waals surface area contributed by atoms with E-state index in [1.54, 1.807) is 6.07 Å². The van der Waals surface area contributed by atoms with Gasteiger partial charge in [0.2, 0.25) is 11.8 Å². The van der Waals surface area contributed by atoms with Gasteiger partial charge in [-0.3, -0.25) is 0 Å². The molecule has 94 valence electrons. The van der Waals surface area contributed by atoms with Crippen LogP contribution < -0.4 is 15.2 Å². The molecule has 0 radical (unpaired) electrons. The summed E-state index contributed by atoms with van der Waals surface area (Å²) in [4.78, 5) is 8.03. The summed E-state index contributed by atoms with van der Waals surface area (Å²) in [7, 11) is 0. The van der Waals surface area contributed by atoms with Crippen LogP contribution in [0.1, 0.15) is 32.6 Å². The van der Waals surface area contributed by atoms with Gasteiger partial charge in [-0.15, -0.1) is 0 Å². The molecule has 2 N–H and O–H groups in total. The first kappa shape index (κ1) is 12.1. The van der Waals surface area contributed by atoms with Crippen LogP contribution in [0.15, 0.2) is 12.4 Å². The summed E-state index contributed by atoms with van der Waals surface area (Å²) < 4.78 is 10.9. The molecule has 0 spiro atoms. The van der Waals surface area contributed by atoms with Crippen molar-refractivity contribution in [3.05, 3.63) is 12.4 Å². The maximum Gasteiger partial charge on any atom is 0.220 e. The highest BCUT2D eigenvalue weighted by molar-refractivity contribution is 5.18. The van der Waals surface area contributed by atoms with Crippen LogP contribution in [0.25, 0.3) is 0 Å². The SMILES string of the molecule is CCOc1cc(OCC2(N)CCCC2)ncn1. The maximum absolute atomic E-state index is 6.20. The Labute approximate surface area is 101 Å². The molecule has 1 saturated carbocycles. The number of nitrogens with two attached hydrogens (primary N) is 1. The van der Waals surface area contributed by atoms with Crippen molar-refractivity contribution in [2.75, 3.05) is 13.2 Å². The third-order valence-electron chi connectivity index (χ3n) is 3.02. The molecule has 0 unspecified atom stereocenters. The quantitative estimate of drug-likeness (QED) is 0.840. The van der Waals surface area contributed by atoms with Crippen LogP contribution in [-0.2, 0) is 0 Å². The van der Waals surface area contributed by atoms with E-state index in [9.17, 15) is 0 Å². The lowest BCUT2D eigenvalue weighted by molar-refractivity contribution is 0.211. The Hall–Kier alpha value is -1.36. The predicted octanol–water partition coefficient (Wildman–Crippen LogP) is 1.53. The van der Waals surface area contributed by atoms with Crippen molar-refractivity contribution < 1.29 is 9.47 Å². The van der Waals surface area contributed by atoms with Gasteiger partial charge in [0, 0.05) is 0 Å². The highest BCUT2D eigenvalue weighted by Crippen LogP contribution is 2.27. The molecule has 0 aromatic carbocycles. The van der Waals surface area contributed by atoms with Crippen molar-refractivity contribution in [3.8, 4) is 11.8 Å². The number of hydrogen-bond acceptors (Lipinski definition) is 5. The van der Waals surface area contributed by atoms with Crippen molar-refractivity contribution in [3.63, 3.8) is 0 Å². The fourth-order valence-electron chi connectivity index (χ4n) is 2.07. The normalized spacial score (nSPS) is 18.0. The Morgan fingerprint density at radius 1 is 1.24 bits per heavy atom. The average Bonchev–Trinajstić information content (AvgIpc) is 2.76. The fourth-order valence-corrected chi connectivity index (χ4v) is 2.07. The molecule has 0 aliphatic heterocycles. The topological polar surface area (TPSA) is 70.3 Å². The first-order chi connectivity index (χ1) is 8.22. The van der Waals surface area contributed by atoms with Crippen molar-refractivity contribution in [1.29, 1.82) is 0 Å². The Morgan fingerprint density at radius 3 is 2.53 bits per heavy atom. The molecular weight excluding hydrogens is 218 g/mol. The molecule has 1 aliphatic rings. The molecular formula is C12H19N3O2. The minimum atomic E-state index is -0.184. The van der Waals surface area contributed by atoms with Gasteiger partial charge >= 0.3 is 0 Å². The van der Waals surface area contributed by atoms with Gasteiger partial charge < -0.3 is 15.2 Å². The van der Waals surface area contributed by atoms with E-state index in [1.165, 1.54) is 19.2 Å². The predicted molar refractivity (Wildman–Crippen MR) is 64.1 cm³/mol. The first-order valence-corrected chi connectivity index (χ1v) is 6.08. The molecule has 1 aromatic heterocycles. The number of hydrogen-bond donors (Lipinski definition) is 1. The van der Waals surface area contributed by atoms with Gasteiger partial charge in [-0.2, -0.15) is 0 Å². The molecule has 0 saturated heterocycles. The van der Waals surface area contributed by atoms with Crippen LogP contribution in [0.5, 0.6) is 11.8 Å². The molecule has 2 rings (SSSR count). The van der Waals surface area contributed by atoms with E-state index < -0.39 is 0 Å². The van der Waals surface area contributed by atoms with Crippen LogP contribution in [-0.4, -0.2) is 28.7 Å². The second-order valence-corrected chi connectivity index (χ2v) is 4.49. The molecule has 17 heavy (non-hydrogen) atoms. The molecule has 1 aliphatic carbocycles. The molecule has 1 fully saturated rings. The molecule has 0 amide bonds. The minimum absolute atomic E-state index is 0.184. The van der Waals surface area contributed by atoms with Crippen LogP contribution in [0.2, 0.25) is 0 Å². The Balaban J connectivity index is 1.91. The molecule has 5 nitrogen and oxygen atoms in total. The van der Waals surface area contributed by atoms with Crippen LogP contribution in [0.3, 0.4) is 0 Å². The molecule has 0 bridgehead atoms. The monoisotopic (exact) mass is 237 g/mol. The summed E-state index contributed by atoms with van der Waals surface area (Å²) in [6.45, 7) is 3.00. The van der Waals surface area contributed by atoms with Crippen molar-refractivity contribution >= 4 is 0 Å². The number of nitrogens with zero attached hydrogens (tertiary/aromatic N) is 2. The van der Waals surface area contributed by atoms with Gasteiger partial charge in [0.05, 0.1) is 18.2 Å². The lowest BCUT2D eigenvalue weighted by atomic mass is 10.0. The fraction of sp³-hybridized carbons (Fsp3) is 0.667. The zero-order valence-corrected chi connectivity index (χ0v) is 10.2. The van der Waals surface area contributed by atoms with Gasteiger partial charge in [-0.05, 0) is 19.8 Å². The molecule has 1 aromatic rings. The second kappa shape index (κ2) is 5.31. The van der Waals surface area contributed by atoms with Crippen LogP contribution in [0, 0.1) is 0 Å². The summed E-state index contributed by atoms with van der Waals surface area (Å²) in [5.74, 6) is 1.06. The van der Waals surface area contributed by atoms with E-state index in [2.05, 4.69) is 9.97 Å². The van der Waals surface area contributed by atoms with E-state index in [-0.39, 0.29) is 5.54 Å².